The van der Waals surface area contributed by atoms with E-state index in [1.165, 1.54) is 6.92 Å². The summed E-state index contributed by atoms with van der Waals surface area (Å²) in [6, 6.07) is 0. The van der Waals surface area contributed by atoms with Gasteiger partial charge >= 0.3 is 5.97 Å². The summed E-state index contributed by atoms with van der Waals surface area (Å²) in [5, 5.41) is 18.7. The van der Waals surface area contributed by atoms with Crippen molar-refractivity contribution in [3.8, 4) is 0 Å². The molecule has 0 aromatic carbocycles. The van der Waals surface area contributed by atoms with Crippen molar-refractivity contribution in [3.63, 3.8) is 0 Å². The van der Waals surface area contributed by atoms with Crippen LogP contribution in [0.1, 0.15) is 65.7 Å². The molecular formula is C13H26O3. The van der Waals surface area contributed by atoms with E-state index in [2.05, 4.69) is 13.8 Å². The van der Waals surface area contributed by atoms with E-state index < -0.39 is 11.6 Å². The molecule has 0 saturated carbocycles. The molecule has 0 aromatic heterocycles. The molecule has 0 aliphatic rings. The van der Waals surface area contributed by atoms with Crippen LogP contribution < -0.4 is 0 Å². The van der Waals surface area contributed by atoms with Gasteiger partial charge in [-0.15, -0.1) is 0 Å². The van der Waals surface area contributed by atoms with Crippen LogP contribution in [0.5, 0.6) is 0 Å². The van der Waals surface area contributed by atoms with Crippen LogP contribution in [0.4, 0.5) is 0 Å². The SMILES string of the molecule is CCCCC(CCCC)CC(C)(O)C(=O)O. The van der Waals surface area contributed by atoms with Gasteiger partial charge in [0.15, 0.2) is 5.60 Å². The minimum atomic E-state index is -1.56. The average molecular weight is 230 g/mol. The Hall–Kier alpha value is -0.570. The van der Waals surface area contributed by atoms with Gasteiger partial charge in [-0.25, -0.2) is 4.79 Å². The maximum Gasteiger partial charge on any atom is 0.335 e. The largest absolute Gasteiger partial charge is 0.479 e. The molecule has 0 saturated heterocycles. The number of aliphatic carboxylic acids is 1. The van der Waals surface area contributed by atoms with E-state index in [0.717, 1.165) is 38.5 Å². The zero-order chi connectivity index (χ0) is 12.6. The first kappa shape index (κ1) is 15.4. The first-order valence-corrected chi connectivity index (χ1v) is 6.39. The smallest absolute Gasteiger partial charge is 0.335 e. The molecule has 96 valence electrons. The van der Waals surface area contributed by atoms with E-state index in [-0.39, 0.29) is 0 Å². The van der Waals surface area contributed by atoms with Crippen molar-refractivity contribution in [3.05, 3.63) is 0 Å². The van der Waals surface area contributed by atoms with Crippen LogP contribution in [0.3, 0.4) is 0 Å². The lowest BCUT2D eigenvalue weighted by Crippen LogP contribution is -2.37. The van der Waals surface area contributed by atoms with Crippen LogP contribution in [0.25, 0.3) is 0 Å². The van der Waals surface area contributed by atoms with E-state index >= 15 is 0 Å². The molecule has 0 amide bonds. The highest BCUT2D eigenvalue weighted by atomic mass is 16.4. The summed E-state index contributed by atoms with van der Waals surface area (Å²) in [6.45, 7) is 5.67. The molecule has 0 aliphatic carbocycles. The Balaban J connectivity index is 4.22. The summed E-state index contributed by atoms with van der Waals surface area (Å²) in [5.41, 5.74) is -1.56. The predicted molar refractivity (Wildman–Crippen MR) is 65.4 cm³/mol. The average Bonchev–Trinajstić information content (AvgIpc) is 2.21. The normalized spacial score (nSPS) is 15.1. The molecule has 0 bridgehead atoms. The lowest BCUT2D eigenvalue weighted by atomic mass is 9.85. The van der Waals surface area contributed by atoms with Gasteiger partial charge in [0.25, 0.3) is 0 Å². The zero-order valence-corrected chi connectivity index (χ0v) is 10.8. The lowest BCUT2D eigenvalue weighted by Gasteiger charge is -2.25. The first-order chi connectivity index (χ1) is 7.44. The molecule has 1 unspecified atom stereocenters. The van der Waals surface area contributed by atoms with Gasteiger partial charge in [-0.2, -0.15) is 0 Å². The van der Waals surface area contributed by atoms with Gasteiger partial charge in [0.2, 0.25) is 0 Å². The minimum Gasteiger partial charge on any atom is -0.479 e. The van der Waals surface area contributed by atoms with Crippen molar-refractivity contribution in [2.24, 2.45) is 5.92 Å². The van der Waals surface area contributed by atoms with Gasteiger partial charge in [0, 0.05) is 0 Å². The van der Waals surface area contributed by atoms with Crippen LogP contribution in [0, 0.1) is 5.92 Å². The molecular weight excluding hydrogens is 204 g/mol. The van der Waals surface area contributed by atoms with Crippen LogP contribution in [-0.2, 0) is 4.79 Å². The van der Waals surface area contributed by atoms with E-state index in [9.17, 15) is 9.90 Å². The number of hydrogen-bond acceptors (Lipinski definition) is 2. The first-order valence-electron chi connectivity index (χ1n) is 6.39. The monoisotopic (exact) mass is 230 g/mol. The Morgan fingerprint density at radius 1 is 1.19 bits per heavy atom. The molecule has 3 heteroatoms. The third-order valence-corrected chi connectivity index (χ3v) is 3.08. The molecule has 3 nitrogen and oxygen atoms in total. The third kappa shape index (κ3) is 6.11. The van der Waals surface area contributed by atoms with E-state index in [1.54, 1.807) is 0 Å². The van der Waals surface area contributed by atoms with Crippen molar-refractivity contribution < 1.29 is 15.0 Å². The number of aliphatic hydroxyl groups is 1. The second-order valence-electron chi connectivity index (χ2n) is 4.93. The Morgan fingerprint density at radius 3 is 1.94 bits per heavy atom. The number of rotatable bonds is 9. The molecule has 0 aliphatic heterocycles. The van der Waals surface area contributed by atoms with Crippen molar-refractivity contribution in [1.29, 1.82) is 0 Å². The Labute approximate surface area is 98.9 Å². The van der Waals surface area contributed by atoms with Crippen molar-refractivity contribution >= 4 is 5.97 Å². The van der Waals surface area contributed by atoms with E-state index in [1.807, 2.05) is 0 Å². The standard InChI is InChI=1S/C13H26O3/c1-4-6-8-11(9-7-5-2)10-13(3,16)12(14)15/h11,16H,4-10H2,1-3H3,(H,14,15). The third-order valence-electron chi connectivity index (χ3n) is 3.08. The van der Waals surface area contributed by atoms with Gasteiger partial charge in [0.1, 0.15) is 0 Å². The summed E-state index contributed by atoms with van der Waals surface area (Å²) in [6.07, 6.45) is 6.91. The number of hydrogen-bond donors (Lipinski definition) is 2. The lowest BCUT2D eigenvalue weighted by molar-refractivity contribution is -0.158. The molecule has 0 rings (SSSR count). The number of unbranched alkanes of at least 4 members (excludes halogenated alkanes) is 2. The van der Waals surface area contributed by atoms with Gasteiger partial charge in [-0.05, 0) is 19.3 Å². The molecule has 0 spiro atoms. The van der Waals surface area contributed by atoms with Crippen molar-refractivity contribution in [2.45, 2.75) is 71.3 Å². The quantitative estimate of drug-likeness (QED) is 0.639. The predicted octanol–water partition coefficient (Wildman–Crippen LogP) is 3.21. The van der Waals surface area contributed by atoms with Gasteiger partial charge in [-0.3, -0.25) is 0 Å². The summed E-state index contributed by atoms with van der Waals surface area (Å²) >= 11 is 0. The molecule has 0 radical (unpaired) electrons. The second kappa shape index (κ2) is 7.66. The molecule has 0 aromatic rings. The Bertz CT molecular complexity index is 191. The molecule has 2 N–H and O–H groups in total. The van der Waals surface area contributed by atoms with Crippen molar-refractivity contribution in [1.82, 2.24) is 0 Å². The number of carbonyl (C=O) groups is 1. The zero-order valence-electron chi connectivity index (χ0n) is 10.8. The van der Waals surface area contributed by atoms with Gasteiger partial charge in [0.05, 0.1) is 0 Å². The summed E-state index contributed by atoms with van der Waals surface area (Å²) < 4.78 is 0. The van der Waals surface area contributed by atoms with Crippen LogP contribution in [-0.4, -0.2) is 21.8 Å². The van der Waals surface area contributed by atoms with Gasteiger partial charge in [-0.1, -0.05) is 52.4 Å². The van der Waals surface area contributed by atoms with Crippen LogP contribution in [0.2, 0.25) is 0 Å². The highest BCUT2D eigenvalue weighted by molar-refractivity contribution is 5.76. The fourth-order valence-corrected chi connectivity index (χ4v) is 1.98. The van der Waals surface area contributed by atoms with E-state index in [0.29, 0.717) is 12.3 Å². The number of carboxylic acids is 1. The maximum atomic E-state index is 10.9. The van der Waals surface area contributed by atoms with Gasteiger partial charge < -0.3 is 10.2 Å². The van der Waals surface area contributed by atoms with Crippen LogP contribution in [0.15, 0.2) is 0 Å². The highest BCUT2D eigenvalue weighted by Gasteiger charge is 2.32. The fourth-order valence-electron chi connectivity index (χ4n) is 1.98. The van der Waals surface area contributed by atoms with Crippen LogP contribution >= 0.6 is 0 Å². The minimum absolute atomic E-state index is 0.339. The Kier molecular flexibility index (Phi) is 7.39. The Morgan fingerprint density at radius 2 is 1.62 bits per heavy atom. The summed E-state index contributed by atoms with van der Waals surface area (Å²) in [5.74, 6) is -0.767. The highest BCUT2D eigenvalue weighted by Crippen LogP contribution is 2.26. The topological polar surface area (TPSA) is 57.5 Å². The molecule has 16 heavy (non-hydrogen) atoms. The molecule has 0 fully saturated rings. The molecule has 1 atom stereocenters. The fraction of sp³-hybridized carbons (Fsp3) is 0.923. The number of carboxylic acid groups (broad SMARTS) is 1. The second-order valence-corrected chi connectivity index (χ2v) is 4.93. The van der Waals surface area contributed by atoms with E-state index in [4.69, 9.17) is 5.11 Å². The van der Waals surface area contributed by atoms with Crippen molar-refractivity contribution in [2.75, 3.05) is 0 Å². The molecule has 0 heterocycles. The summed E-state index contributed by atoms with van der Waals surface area (Å²) in [4.78, 5) is 10.9. The maximum absolute atomic E-state index is 10.9. The summed E-state index contributed by atoms with van der Waals surface area (Å²) in [7, 11) is 0.